The molecule has 0 aliphatic heterocycles. The standard InChI is InChI=1S/C19H21N3OS/c1-14(11-12-15-7-3-2-4-8-15)20-18(23)13-24-19-21-16-9-5-6-10-17(16)22-19/h2-10,14H,11-13H2,1H3,(H,20,23)(H,21,22)/t14-/m0/s1. The van der Waals surface area contributed by atoms with Gasteiger partial charge in [-0.15, -0.1) is 0 Å². The van der Waals surface area contributed by atoms with E-state index in [1.54, 1.807) is 0 Å². The van der Waals surface area contributed by atoms with Gasteiger partial charge in [0.15, 0.2) is 5.16 Å². The van der Waals surface area contributed by atoms with Crippen LogP contribution in [0.2, 0.25) is 0 Å². The zero-order valence-corrected chi connectivity index (χ0v) is 14.5. The second kappa shape index (κ2) is 8.02. The van der Waals surface area contributed by atoms with Crippen LogP contribution < -0.4 is 5.32 Å². The summed E-state index contributed by atoms with van der Waals surface area (Å²) >= 11 is 1.43. The third-order valence-electron chi connectivity index (χ3n) is 3.82. The summed E-state index contributed by atoms with van der Waals surface area (Å²) in [5, 5.41) is 3.83. The first-order valence-corrected chi connectivity index (χ1v) is 9.10. The van der Waals surface area contributed by atoms with Gasteiger partial charge in [0.05, 0.1) is 16.8 Å². The van der Waals surface area contributed by atoms with E-state index in [1.165, 1.54) is 17.3 Å². The third kappa shape index (κ3) is 4.61. The van der Waals surface area contributed by atoms with Crippen molar-refractivity contribution in [3.8, 4) is 0 Å². The van der Waals surface area contributed by atoms with Gasteiger partial charge in [-0.3, -0.25) is 4.79 Å². The van der Waals surface area contributed by atoms with Crippen LogP contribution in [-0.2, 0) is 11.2 Å². The lowest BCUT2D eigenvalue weighted by Crippen LogP contribution is -2.34. The molecule has 1 amide bonds. The van der Waals surface area contributed by atoms with Crippen molar-refractivity contribution < 1.29 is 4.79 Å². The molecule has 0 aliphatic rings. The second-order valence-electron chi connectivity index (χ2n) is 5.84. The number of imidazole rings is 1. The van der Waals surface area contributed by atoms with E-state index in [0.29, 0.717) is 5.75 Å². The van der Waals surface area contributed by atoms with E-state index >= 15 is 0 Å². The number of fused-ring (bicyclic) bond motifs is 1. The Hall–Kier alpha value is -2.27. The largest absolute Gasteiger partial charge is 0.353 e. The summed E-state index contributed by atoms with van der Waals surface area (Å²) in [6.07, 6.45) is 1.91. The molecule has 1 aromatic heterocycles. The van der Waals surface area contributed by atoms with Gasteiger partial charge in [0, 0.05) is 6.04 Å². The summed E-state index contributed by atoms with van der Waals surface area (Å²) in [5.41, 5.74) is 3.23. The van der Waals surface area contributed by atoms with Crippen LogP contribution in [0.3, 0.4) is 0 Å². The lowest BCUT2D eigenvalue weighted by Gasteiger charge is -2.13. The van der Waals surface area contributed by atoms with Crippen LogP contribution in [0.4, 0.5) is 0 Å². The van der Waals surface area contributed by atoms with Gasteiger partial charge in [-0.2, -0.15) is 0 Å². The predicted octanol–water partition coefficient (Wildman–Crippen LogP) is 3.79. The Kier molecular flexibility index (Phi) is 5.54. The number of rotatable bonds is 7. The number of carbonyl (C=O) groups is 1. The molecule has 3 rings (SSSR count). The highest BCUT2D eigenvalue weighted by molar-refractivity contribution is 7.99. The molecular formula is C19H21N3OS. The molecule has 24 heavy (non-hydrogen) atoms. The molecule has 5 heteroatoms. The number of nitrogens with zero attached hydrogens (tertiary/aromatic N) is 1. The molecule has 0 bridgehead atoms. The van der Waals surface area contributed by atoms with E-state index < -0.39 is 0 Å². The Morgan fingerprint density at radius 1 is 1.17 bits per heavy atom. The van der Waals surface area contributed by atoms with E-state index in [-0.39, 0.29) is 11.9 Å². The maximum atomic E-state index is 12.1. The minimum absolute atomic E-state index is 0.0426. The minimum atomic E-state index is 0.0426. The fourth-order valence-corrected chi connectivity index (χ4v) is 3.24. The van der Waals surface area contributed by atoms with Crippen molar-refractivity contribution in [3.05, 3.63) is 60.2 Å². The summed E-state index contributed by atoms with van der Waals surface area (Å²) in [5.74, 6) is 0.413. The van der Waals surface area contributed by atoms with Crippen LogP contribution in [0.1, 0.15) is 18.9 Å². The number of H-pyrrole nitrogens is 1. The van der Waals surface area contributed by atoms with Gasteiger partial charge >= 0.3 is 0 Å². The number of nitrogens with one attached hydrogen (secondary N) is 2. The molecule has 0 aliphatic carbocycles. The van der Waals surface area contributed by atoms with Crippen LogP contribution in [-0.4, -0.2) is 27.7 Å². The lowest BCUT2D eigenvalue weighted by molar-refractivity contribution is -0.119. The van der Waals surface area contributed by atoms with Crippen molar-refractivity contribution >= 4 is 28.7 Å². The molecule has 4 nitrogen and oxygen atoms in total. The number of benzene rings is 2. The summed E-state index contributed by atoms with van der Waals surface area (Å²) in [6, 6.07) is 18.4. The highest BCUT2D eigenvalue weighted by Gasteiger charge is 2.10. The molecule has 1 heterocycles. The average Bonchev–Trinajstić information content (AvgIpc) is 3.02. The minimum Gasteiger partial charge on any atom is -0.353 e. The van der Waals surface area contributed by atoms with E-state index in [4.69, 9.17) is 0 Å². The van der Waals surface area contributed by atoms with Crippen molar-refractivity contribution in [2.45, 2.75) is 31.0 Å². The molecule has 0 saturated carbocycles. The summed E-state index contributed by atoms with van der Waals surface area (Å²) < 4.78 is 0. The highest BCUT2D eigenvalue weighted by atomic mass is 32.2. The molecule has 0 radical (unpaired) electrons. The van der Waals surface area contributed by atoms with Crippen molar-refractivity contribution in [3.63, 3.8) is 0 Å². The van der Waals surface area contributed by atoms with Gasteiger partial charge in [0.1, 0.15) is 0 Å². The number of hydrogen-bond acceptors (Lipinski definition) is 3. The lowest BCUT2D eigenvalue weighted by atomic mass is 10.1. The van der Waals surface area contributed by atoms with Gasteiger partial charge in [0.2, 0.25) is 5.91 Å². The molecule has 0 spiro atoms. The quantitative estimate of drug-likeness (QED) is 0.644. The number of hydrogen-bond donors (Lipinski definition) is 2. The fourth-order valence-electron chi connectivity index (χ4n) is 2.55. The van der Waals surface area contributed by atoms with E-state index in [2.05, 4.69) is 27.4 Å². The van der Waals surface area contributed by atoms with E-state index in [9.17, 15) is 4.79 Å². The zero-order chi connectivity index (χ0) is 16.8. The van der Waals surface area contributed by atoms with Crippen LogP contribution in [0, 0.1) is 0 Å². The van der Waals surface area contributed by atoms with E-state index in [1.807, 2.05) is 49.4 Å². The van der Waals surface area contributed by atoms with Gasteiger partial charge in [-0.05, 0) is 37.5 Å². The van der Waals surface area contributed by atoms with Gasteiger partial charge in [-0.1, -0.05) is 54.2 Å². The molecule has 0 unspecified atom stereocenters. The summed E-state index contributed by atoms with van der Waals surface area (Å²) in [7, 11) is 0. The van der Waals surface area contributed by atoms with Gasteiger partial charge < -0.3 is 10.3 Å². The smallest absolute Gasteiger partial charge is 0.230 e. The topological polar surface area (TPSA) is 57.8 Å². The Morgan fingerprint density at radius 2 is 1.92 bits per heavy atom. The normalized spacial score (nSPS) is 12.2. The second-order valence-corrected chi connectivity index (χ2v) is 6.80. The number of aromatic nitrogens is 2. The maximum absolute atomic E-state index is 12.1. The first-order chi connectivity index (χ1) is 11.7. The molecule has 0 saturated heterocycles. The monoisotopic (exact) mass is 339 g/mol. The van der Waals surface area contributed by atoms with Crippen molar-refractivity contribution in [2.24, 2.45) is 0 Å². The number of carbonyl (C=O) groups excluding carboxylic acids is 1. The van der Waals surface area contributed by atoms with Crippen molar-refractivity contribution in [1.29, 1.82) is 0 Å². The highest BCUT2D eigenvalue weighted by Crippen LogP contribution is 2.18. The molecule has 2 N–H and O–H groups in total. The van der Waals surface area contributed by atoms with Crippen LogP contribution in [0.5, 0.6) is 0 Å². The first-order valence-electron chi connectivity index (χ1n) is 8.11. The Bertz CT molecular complexity index is 767. The first kappa shape index (κ1) is 16.6. The van der Waals surface area contributed by atoms with E-state index in [0.717, 1.165) is 29.0 Å². The van der Waals surface area contributed by atoms with Crippen LogP contribution in [0.25, 0.3) is 11.0 Å². The maximum Gasteiger partial charge on any atom is 0.230 e. The molecule has 1 atom stereocenters. The molecule has 0 fully saturated rings. The third-order valence-corrected chi connectivity index (χ3v) is 4.70. The van der Waals surface area contributed by atoms with Gasteiger partial charge in [0.25, 0.3) is 0 Å². The van der Waals surface area contributed by atoms with Crippen molar-refractivity contribution in [2.75, 3.05) is 5.75 Å². The summed E-state index contributed by atoms with van der Waals surface area (Å²) in [6.45, 7) is 2.05. The number of amides is 1. The zero-order valence-electron chi connectivity index (χ0n) is 13.7. The number of thioether (sulfide) groups is 1. The molecule has 124 valence electrons. The molecule has 3 aromatic rings. The Morgan fingerprint density at radius 3 is 2.71 bits per heavy atom. The van der Waals surface area contributed by atoms with Gasteiger partial charge in [-0.25, -0.2) is 4.98 Å². The SMILES string of the molecule is C[C@@H](CCc1ccccc1)NC(=O)CSc1nc2ccccc2[nH]1. The van der Waals surface area contributed by atoms with Crippen LogP contribution in [0.15, 0.2) is 59.8 Å². The Balaban J connectivity index is 1.43. The molecular weight excluding hydrogens is 318 g/mol. The number of aryl methyl sites for hydroxylation is 1. The number of para-hydroxylation sites is 2. The molecule has 2 aromatic carbocycles. The average molecular weight is 339 g/mol. The fraction of sp³-hybridized carbons (Fsp3) is 0.263. The predicted molar refractivity (Wildman–Crippen MR) is 99.2 cm³/mol. The Labute approximate surface area is 146 Å². The summed E-state index contributed by atoms with van der Waals surface area (Å²) in [4.78, 5) is 19.8. The van der Waals surface area contributed by atoms with Crippen LogP contribution >= 0.6 is 11.8 Å². The van der Waals surface area contributed by atoms with Crippen molar-refractivity contribution in [1.82, 2.24) is 15.3 Å². The number of aromatic amines is 1.